The highest BCUT2D eigenvalue weighted by Gasteiger charge is 2.25. The predicted octanol–water partition coefficient (Wildman–Crippen LogP) is 2.03. The highest BCUT2D eigenvalue weighted by Crippen LogP contribution is 2.23. The molecule has 0 atom stereocenters. The van der Waals surface area contributed by atoms with Gasteiger partial charge in [0.05, 0.1) is 14.2 Å². The maximum Gasteiger partial charge on any atom is 0.223 e. The summed E-state index contributed by atoms with van der Waals surface area (Å²) < 4.78 is 10.4. The predicted molar refractivity (Wildman–Crippen MR) is 98.4 cm³/mol. The molecule has 1 aromatic heterocycles. The molecule has 1 N–H and O–H groups in total. The number of methoxy groups -OCH3 is 2. The average Bonchev–Trinajstić information content (AvgIpc) is 2.72. The molecule has 7 nitrogen and oxygen atoms in total. The summed E-state index contributed by atoms with van der Waals surface area (Å²) in [5.41, 5.74) is 1.03. The van der Waals surface area contributed by atoms with Crippen LogP contribution in [0.3, 0.4) is 0 Å². The van der Waals surface area contributed by atoms with Crippen molar-refractivity contribution < 1.29 is 14.3 Å². The first-order valence-electron chi connectivity index (χ1n) is 8.71. The van der Waals surface area contributed by atoms with Gasteiger partial charge in [-0.25, -0.2) is 9.97 Å². The lowest BCUT2D eigenvalue weighted by Crippen LogP contribution is -2.40. The van der Waals surface area contributed by atoms with E-state index in [1.807, 2.05) is 30.3 Å². The SMILES string of the molecule is COc1cccc(CNC(=O)C2CCN(c3cc(OC)ncn3)CC2)c1. The molecule has 0 saturated carbocycles. The van der Waals surface area contributed by atoms with Crippen molar-refractivity contribution in [3.8, 4) is 11.6 Å². The molecule has 0 radical (unpaired) electrons. The van der Waals surface area contributed by atoms with Crippen LogP contribution in [0, 0.1) is 5.92 Å². The van der Waals surface area contributed by atoms with Crippen LogP contribution >= 0.6 is 0 Å². The fourth-order valence-corrected chi connectivity index (χ4v) is 3.10. The summed E-state index contributed by atoms with van der Waals surface area (Å²) in [5.74, 6) is 2.32. The fourth-order valence-electron chi connectivity index (χ4n) is 3.10. The van der Waals surface area contributed by atoms with E-state index in [2.05, 4.69) is 20.2 Å². The second-order valence-corrected chi connectivity index (χ2v) is 6.25. The van der Waals surface area contributed by atoms with E-state index in [-0.39, 0.29) is 11.8 Å². The molecule has 2 aromatic rings. The van der Waals surface area contributed by atoms with E-state index >= 15 is 0 Å². The first-order valence-corrected chi connectivity index (χ1v) is 8.71. The number of benzene rings is 1. The Bertz CT molecular complexity index is 745. The van der Waals surface area contributed by atoms with Gasteiger partial charge in [0, 0.05) is 31.6 Å². The van der Waals surface area contributed by atoms with Crippen molar-refractivity contribution in [1.29, 1.82) is 0 Å². The molecule has 138 valence electrons. The molecule has 1 fully saturated rings. The molecule has 0 unspecified atom stereocenters. The number of ether oxygens (including phenoxy) is 2. The van der Waals surface area contributed by atoms with Crippen LogP contribution in [0.1, 0.15) is 18.4 Å². The molecule has 1 amide bonds. The Morgan fingerprint density at radius 2 is 2.00 bits per heavy atom. The number of aromatic nitrogens is 2. The van der Waals surface area contributed by atoms with Crippen LogP contribution in [0.15, 0.2) is 36.7 Å². The quantitative estimate of drug-likeness (QED) is 0.853. The number of nitrogens with one attached hydrogen (secondary N) is 1. The van der Waals surface area contributed by atoms with Crippen LogP contribution < -0.4 is 19.7 Å². The van der Waals surface area contributed by atoms with Crippen LogP contribution in [0.2, 0.25) is 0 Å². The first-order chi connectivity index (χ1) is 12.7. The molecule has 1 aliphatic rings. The van der Waals surface area contributed by atoms with Crippen molar-refractivity contribution in [3.05, 3.63) is 42.2 Å². The van der Waals surface area contributed by atoms with E-state index in [0.29, 0.717) is 12.4 Å². The van der Waals surface area contributed by atoms with E-state index in [4.69, 9.17) is 9.47 Å². The monoisotopic (exact) mass is 356 g/mol. The second kappa shape index (κ2) is 8.51. The molecule has 3 rings (SSSR count). The van der Waals surface area contributed by atoms with Gasteiger partial charge in [0.15, 0.2) is 0 Å². The third-order valence-corrected chi connectivity index (χ3v) is 4.63. The highest BCUT2D eigenvalue weighted by molar-refractivity contribution is 5.79. The number of carbonyl (C=O) groups is 1. The summed E-state index contributed by atoms with van der Waals surface area (Å²) in [6, 6.07) is 9.56. The zero-order chi connectivity index (χ0) is 18.4. The Morgan fingerprint density at radius 1 is 1.19 bits per heavy atom. The molecule has 0 spiro atoms. The minimum Gasteiger partial charge on any atom is -0.497 e. The standard InChI is InChI=1S/C19H24N4O3/c1-25-16-5-3-4-14(10-16)12-20-19(24)15-6-8-23(9-7-15)17-11-18(26-2)22-13-21-17/h3-5,10-11,13,15H,6-9,12H2,1-2H3,(H,20,24). The van der Waals surface area contributed by atoms with Gasteiger partial charge in [-0.05, 0) is 30.5 Å². The zero-order valence-electron chi connectivity index (χ0n) is 15.1. The van der Waals surface area contributed by atoms with Gasteiger partial charge in [-0.15, -0.1) is 0 Å². The second-order valence-electron chi connectivity index (χ2n) is 6.25. The average molecular weight is 356 g/mol. The molecular formula is C19H24N4O3. The van der Waals surface area contributed by atoms with Crippen molar-refractivity contribution in [2.45, 2.75) is 19.4 Å². The number of carbonyl (C=O) groups excluding carboxylic acids is 1. The van der Waals surface area contributed by atoms with Gasteiger partial charge < -0.3 is 19.7 Å². The van der Waals surface area contributed by atoms with Crippen molar-refractivity contribution in [3.63, 3.8) is 0 Å². The molecule has 0 bridgehead atoms. The van der Waals surface area contributed by atoms with Crippen molar-refractivity contribution >= 4 is 11.7 Å². The van der Waals surface area contributed by atoms with Gasteiger partial charge >= 0.3 is 0 Å². The molecule has 2 heterocycles. The third-order valence-electron chi connectivity index (χ3n) is 4.63. The van der Waals surface area contributed by atoms with E-state index in [1.165, 1.54) is 6.33 Å². The summed E-state index contributed by atoms with van der Waals surface area (Å²) in [5, 5.41) is 3.03. The van der Waals surface area contributed by atoms with Crippen molar-refractivity contribution in [2.24, 2.45) is 5.92 Å². The summed E-state index contributed by atoms with van der Waals surface area (Å²) in [6.07, 6.45) is 3.10. The first kappa shape index (κ1) is 18.0. The minimum atomic E-state index is 0.0283. The number of hydrogen-bond acceptors (Lipinski definition) is 6. The Balaban J connectivity index is 1.50. The van der Waals surface area contributed by atoms with Gasteiger partial charge in [-0.3, -0.25) is 4.79 Å². The molecular weight excluding hydrogens is 332 g/mol. The van der Waals surface area contributed by atoms with E-state index < -0.39 is 0 Å². The molecule has 0 aliphatic carbocycles. The molecule has 1 aromatic carbocycles. The Hall–Kier alpha value is -2.83. The highest BCUT2D eigenvalue weighted by atomic mass is 16.5. The Labute approximate surface area is 153 Å². The number of anilines is 1. The zero-order valence-corrected chi connectivity index (χ0v) is 15.1. The van der Waals surface area contributed by atoms with E-state index in [1.54, 1.807) is 14.2 Å². The van der Waals surface area contributed by atoms with Crippen LogP contribution in [-0.2, 0) is 11.3 Å². The number of rotatable bonds is 6. The molecule has 1 saturated heterocycles. The van der Waals surface area contributed by atoms with Crippen LogP contribution in [0.5, 0.6) is 11.6 Å². The van der Waals surface area contributed by atoms with Crippen molar-refractivity contribution in [2.75, 3.05) is 32.2 Å². The lowest BCUT2D eigenvalue weighted by atomic mass is 9.96. The van der Waals surface area contributed by atoms with Gasteiger partial charge in [0.25, 0.3) is 0 Å². The van der Waals surface area contributed by atoms with E-state index in [9.17, 15) is 4.79 Å². The van der Waals surface area contributed by atoms with Gasteiger partial charge in [-0.2, -0.15) is 0 Å². The smallest absolute Gasteiger partial charge is 0.223 e. The summed E-state index contributed by atoms with van der Waals surface area (Å²) in [6.45, 7) is 2.09. The summed E-state index contributed by atoms with van der Waals surface area (Å²) in [4.78, 5) is 22.9. The number of amides is 1. The van der Waals surface area contributed by atoms with Crippen LogP contribution in [0.25, 0.3) is 0 Å². The summed E-state index contributed by atoms with van der Waals surface area (Å²) >= 11 is 0. The van der Waals surface area contributed by atoms with Crippen LogP contribution in [0.4, 0.5) is 5.82 Å². The lowest BCUT2D eigenvalue weighted by Gasteiger charge is -2.32. The number of hydrogen-bond donors (Lipinski definition) is 1. The van der Waals surface area contributed by atoms with Gasteiger partial charge in [0.1, 0.15) is 17.9 Å². The van der Waals surface area contributed by atoms with Crippen LogP contribution in [-0.4, -0.2) is 43.2 Å². The molecule has 7 heteroatoms. The fraction of sp³-hybridized carbons (Fsp3) is 0.421. The normalized spacial score (nSPS) is 14.8. The van der Waals surface area contributed by atoms with Gasteiger partial charge in [-0.1, -0.05) is 12.1 Å². The van der Waals surface area contributed by atoms with E-state index in [0.717, 1.165) is 43.1 Å². The van der Waals surface area contributed by atoms with Gasteiger partial charge in [0.2, 0.25) is 11.8 Å². The lowest BCUT2D eigenvalue weighted by molar-refractivity contribution is -0.125. The number of nitrogens with zero attached hydrogens (tertiary/aromatic N) is 3. The topological polar surface area (TPSA) is 76.6 Å². The largest absolute Gasteiger partial charge is 0.497 e. The number of piperidine rings is 1. The maximum atomic E-state index is 12.5. The minimum absolute atomic E-state index is 0.0283. The molecule has 1 aliphatic heterocycles. The summed E-state index contributed by atoms with van der Waals surface area (Å²) in [7, 11) is 3.23. The molecule has 26 heavy (non-hydrogen) atoms. The third kappa shape index (κ3) is 4.41. The Morgan fingerprint density at radius 3 is 2.73 bits per heavy atom. The maximum absolute atomic E-state index is 12.5. The Kier molecular flexibility index (Phi) is 5.88. The van der Waals surface area contributed by atoms with Crippen molar-refractivity contribution in [1.82, 2.24) is 15.3 Å².